The van der Waals surface area contributed by atoms with Crippen molar-refractivity contribution in [2.45, 2.75) is 0 Å². The molecule has 0 saturated carbocycles. The maximum absolute atomic E-state index is 12.6. The highest BCUT2D eigenvalue weighted by Crippen LogP contribution is 2.08. The Balaban J connectivity index is 2.74. The molecular weight excluding hydrogens is 187 g/mol. The molecule has 0 unspecified atom stereocenters. The van der Waals surface area contributed by atoms with Crippen molar-refractivity contribution in [3.63, 3.8) is 0 Å². The smallest absolute Gasteiger partial charge is 0.173 e. The fraction of sp³-hybridized carbons (Fsp3) is 0. The largest absolute Gasteiger partial charge is 0.296 e. The molecule has 0 heterocycles. The number of aldehydes is 2. The Morgan fingerprint density at radius 2 is 2.07 bits per heavy atom. The summed E-state index contributed by atoms with van der Waals surface area (Å²) in [7, 11) is 0. The molecule has 14 heavy (non-hydrogen) atoms. The van der Waals surface area contributed by atoms with Gasteiger partial charge in [-0.15, -0.1) is 0 Å². The lowest BCUT2D eigenvalue weighted by molar-refractivity contribution is -0.105. The molecule has 72 valence electrons. The summed E-state index contributed by atoms with van der Waals surface area (Å²) in [6, 6.07) is 5.50. The topological polar surface area (TPSA) is 58.5 Å². The number of anilines is 1. The van der Waals surface area contributed by atoms with E-state index >= 15 is 0 Å². The van der Waals surface area contributed by atoms with E-state index in [-0.39, 0.29) is 5.71 Å². The first-order valence-corrected chi connectivity index (χ1v) is 3.76. The fourth-order valence-electron chi connectivity index (χ4n) is 0.768. The summed E-state index contributed by atoms with van der Waals surface area (Å²) in [4.78, 5) is 20.3. The summed E-state index contributed by atoms with van der Waals surface area (Å²) in [5.41, 5.74) is 2.46. The SMILES string of the molecule is O=CC(C=O)=NNc1cccc(F)c1. The highest BCUT2D eigenvalue weighted by Gasteiger charge is 1.95. The summed E-state index contributed by atoms with van der Waals surface area (Å²) in [6.45, 7) is 0. The standard InChI is InChI=1S/C9H7FN2O2/c10-7-2-1-3-8(4-7)11-12-9(5-13)6-14/h1-6,11H. The predicted molar refractivity (Wildman–Crippen MR) is 49.6 cm³/mol. The van der Waals surface area contributed by atoms with Crippen LogP contribution >= 0.6 is 0 Å². The van der Waals surface area contributed by atoms with Gasteiger partial charge in [-0.2, -0.15) is 5.10 Å². The van der Waals surface area contributed by atoms with E-state index in [2.05, 4.69) is 10.5 Å². The average molecular weight is 194 g/mol. The van der Waals surface area contributed by atoms with E-state index in [0.29, 0.717) is 18.3 Å². The minimum atomic E-state index is -0.427. The third kappa shape index (κ3) is 2.78. The van der Waals surface area contributed by atoms with Gasteiger partial charge in [0, 0.05) is 0 Å². The van der Waals surface area contributed by atoms with Crippen LogP contribution in [0.1, 0.15) is 0 Å². The molecule has 0 radical (unpaired) electrons. The van der Waals surface area contributed by atoms with E-state index in [1.54, 1.807) is 6.07 Å². The third-order valence-electron chi connectivity index (χ3n) is 1.38. The lowest BCUT2D eigenvalue weighted by Crippen LogP contribution is -2.04. The Morgan fingerprint density at radius 3 is 2.64 bits per heavy atom. The van der Waals surface area contributed by atoms with E-state index in [1.165, 1.54) is 18.2 Å². The first-order chi connectivity index (χ1) is 6.76. The molecule has 0 bridgehead atoms. The van der Waals surface area contributed by atoms with Gasteiger partial charge in [-0.3, -0.25) is 15.0 Å². The van der Waals surface area contributed by atoms with E-state index in [9.17, 15) is 14.0 Å². The maximum Gasteiger partial charge on any atom is 0.173 e. The predicted octanol–water partition coefficient (Wildman–Crippen LogP) is 0.991. The van der Waals surface area contributed by atoms with Crippen molar-refractivity contribution >= 4 is 24.0 Å². The van der Waals surface area contributed by atoms with Crippen LogP contribution < -0.4 is 5.43 Å². The normalized spacial score (nSPS) is 8.93. The van der Waals surface area contributed by atoms with Crippen molar-refractivity contribution in [2.75, 3.05) is 5.43 Å². The van der Waals surface area contributed by atoms with E-state index in [0.717, 1.165) is 0 Å². The summed E-state index contributed by atoms with van der Waals surface area (Å²) in [5.74, 6) is -0.427. The molecule has 0 saturated heterocycles. The fourth-order valence-corrected chi connectivity index (χ4v) is 0.768. The molecule has 0 atom stereocenters. The maximum atomic E-state index is 12.6. The monoisotopic (exact) mass is 194 g/mol. The molecule has 0 fully saturated rings. The summed E-state index contributed by atoms with van der Waals surface area (Å²) in [5, 5.41) is 3.44. The number of nitrogens with one attached hydrogen (secondary N) is 1. The molecule has 1 N–H and O–H groups in total. The Hall–Kier alpha value is -2.04. The molecule has 0 spiro atoms. The Kier molecular flexibility index (Phi) is 3.49. The first kappa shape index (κ1) is 10.0. The minimum absolute atomic E-state index is 0.283. The van der Waals surface area contributed by atoms with Crippen molar-refractivity contribution in [1.82, 2.24) is 0 Å². The molecule has 1 aromatic rings. The van der Waals surface area contributed by atoms with Gasteiger partial charge in [0.2, 0.25) is 0 Å². The Morgan fingerprint density at radius 1 is 1.36 bits per heavy atom. The number of carbonyl (C=O) groups excluding carboxylic acids is 2. The van der Waals surface area contributed by atoms with Crippen LogP contribution in [0.5, 0.6) is 0 Å². The molecule has 0 aliphatic carbocycles. The van der Waals surface area contributed by atoms with Crippen LogP contribution in [0.4, 0.5) is 10.1 Å². The zero-order valence-corrected chi connectivity index (χ0v) is 7.11. The van der Waals surface area contributed by atoms with Crippen LogP contribution in [0.25, 0.3) is 0 Å². The van der Waals surface area contributed by atoms with Crippen LogP contribution in [0, 0.1) is 5.82 Å². The zero-order chi connectivity index (χ0) is 10.4. The second-order valence-electron chi connectivity index (χ2n) is 2.39. The summed E-state index contributed by atoms with van der Waals surface area (Å²) < 4.78 is 12.6. The molecule has 0 aliphatic heterocycles. The van der Waals surface area contributed by atoms with Crippen LogP contribution in [-0.4, -0.2) is 18.3 Å². The van der Waals surface area contributed by atoms with Crippen LogP contribution in [0.3, 0.4) is 0 Å². The number of hydrogen-bond acceptors (Lipinski definition) is 4. The lowest BCUT2D eigenvalue weighted by Gasteiger charge is -1.98. The lowest BCUT2D eigenvalue weighted by atomic mass is 10.3. The van der Waals surface area contributed by atoms with Gasteiger partial charge in [-0.05, 0) is 18.2 Å². The molecule has 0 amide bonds. The Labute approximate surface area is 79.4 Å². The number of nitrogens with zero attached hydrogens (tertiary/aromatic N) is 1. The van der Waals surface area contributed by atoms with Gasteiger partial charge in [0.15, 0.2) is 18.3 Å². The van der Waals surface area contributed by atoms with Crippen LogP contribution in [0.15, 0.2) is 29.4 Å². The molecule has 0 aliphatic rings. The number of halogens is 1. The van der Waals surface area contributed by atoms with Crippen molar-refractivity contribution in [2.24, 2.45) is 5.10 Å². The molecule has 5 heteroatoms. The minimum Gasteiger partial charge on any atom is -0.296 e. The molecule has 1 rings (SSSR count). The van der Waals surface area contributed by atoms with Gasteiger partial charge >= 0.3 is 0 Å². The number of rotatable bonds is 4. The van der Waals surface area contributed by atoms with Gasteiger partial charge < -0.3 is 0 Å². The van der Waals surface area contributed by atoms with Gasteiger partial charge in [0.25, 0.3) is 0 Å². The molecule has 1 aromatic carbocycles. The molecule has 4 nitrogen and oxygen atoms in total. The van der Waals surface area contributed by atoms with E-state index < -0.39 is 5.82 Å². The van der Waals surface area contributed by atoms with Gasteiger partial charge in [0.05, 0.1) is 5.69 Å². The number of hydrazone groups is 1. The molecule has 0 aromatic heterocycles. The number of hydrogen-bond donors (Lipinski definition) is 1. The highest BCUT2D eigenvalue weighted by atomic mass is 19.1. The quantitative estimate of drug-likeness (QED) is 0.336. The van der Waals surface area contributed by atoms with Crippen LogP contribution in [-0.2, 0) is 9.59 Å². The van der Waals surface area contributed by atoms with E-state index in [4.69, 9.17) is 0 Å². The highest BCUT2D eigenvalue weighted by molar-refractivity contribution is 6.53. The molecular formula is C9H7FN2O2. The number of benzene rings is 1. The third-order valence-corrected chi connectivity index (χ3v) is 1.38. The first-order valence-electron chi connectivity index (χ1n) is 3.76. The van der Waals surface area contributed by atoms with Crippen molar-refractivity contribution < 1.29 is 14.0 Å². The summed E-state index contributed by atoms with van der Waals surface area (Å²) in [6.07, 6.45) is 0.610. The zero-order valence-electron chi connectivity index (χ0n) is 7.11. The Bertz CT molecular complexity index is 367. The van der Waals surface area contributed by atoms with Crippen molar-refractivity contribution in [1.29, 1.82) is 0 Å². The van der Waals surface area contributed by atoms with Gasteiger partial charge in [-0.25, -0.2) is 4.39 Å². The van der Waals surface area contributed by atoms with Crippen molar-refractivity contribution in [3.05, 3.63) is 30.1 Å². The van der Waals surface area contributed by atoms with E-state index in [1.807, 2.05) is 0 Å². The summed E-state index contributed by atoms with van der Waals surface area (Å²) >= 11 is 0. The average Bonchev–Trinajstić information content (AvgIpc) is 2.19. The second-order valence-corrected chi connectivity index (χ2v) is 2.39. The van der Waals surface area contributed by atoms with Crippen molar-refractivity contribution in [3.8, 4) is 0 Å². The number of carbonyl (C=O) groups is 2. The van der Waals surface area contributed by atoms with Gasteiger partial charge in [0.1, 0.15) is 5.82 Å². The van der Waals surface area contributed by atoms with Gasteiger partial charge in [-0.1, -0.05) is 6.07 Å². The second kappa shape index (κ2) is 4.86. The van der Waals surface area contributed by atoms with Crippen LogP contribution in [0.2, 0.25) is 0 Å².